The van der Waals surface area contributed by atoms with Gasteiger partial charge in [0.1, 0.15) is 5.82 Å². The molecule has 4 heteroatoms. The van der Waals surface area contributed by atoms with E-state index in [1.165, 1.54) is 5.56 Å². The van der Waals surface area contributed by atoms with Crippen molar-refractivity contribution in [3.05, 3.63) is 29.1 Å². The van der Waals surface area contributed by atoms with Gasteiger partial charge in [-0.25, -0.2) is 4.98 Å². The second-order valence-electron chi connectivity index (χ2n) is 6.07. The number of aliphatic carboxylic acids is 1. The Labute approximate surface area is 112 Å². The second kappa shape index (κ2) is 4.68. The van der Waals surface area contributed by atoms with Crippen molar-refractivity contribution >= 4 is 17.0 Å². The summed E-state index contributed by atoms with van der Waals surface area (Å²) in [5.74, 6) is 0.0862. The van der Waals surface area contributed by atoms with Gasteiger partial charge in [-0.15, -0.1) is 0 Å². The number of hydrogen-bond acceptors (Lipinski definition) is 2. The summed E-state index contributed by atoms with van der Waals surface area (Å²) in [7, 11) is 0. The Hall–Kier alpha value is -1.84. The molecule has 0 saturated heterocycles. The largest absolute Gasteiger partial charge is 0.481 e. The van der Waals surface area contributed by atoms with E-state index in [0.717, 1.165) is 22.4 Å². The Kier molecular flexibility index (Phi) is 3.35. The fourth-order valence-corrected chi connectivity index (χ4v) is 2.53. The van der Waals surface area contributed by atoms with Crippen molar-refractivity contribution in [3.8, 4) is 0 Å². The molecule has 0 unspecified atom stereocenters. The molecule has 0 amide bonds. The van der Waals surface area contributed by atoms with E-state index in [1.54, 1.807) is 0 Å². The fourth-order valence-electron chi connectivity index (χ4n) is 2.53. The number of nitrogens with one attached hydrogen (secondary N) is 1. The summed E-state index contributed by atoms with van der Waals surface area (Å²) in [5, 5.41) is 8.92. The highest BCUT2D eigenvalue weighted by Gasteiger charge is 2.24. The van der Waals surface area contributed by atoms with Crippen molar-refractivity contribution in [2.75, 3.05) is 0 Å². The number of nitrogens with zero attached hydrogens (tertiary/aromatic N) is 1. The molecule has 0 saturated carbocycles. The number of benzene rings is 1. The molecule has 0 fully saturated rings. The zero-order chi connectivity index (χ0) is 14.2. The number of rotatable bonds is 4. The molecule has 102 valence electrons. The maximum atomic E-state index is 10.8. The van der Waals surface area contributed by atoms with E-state index in [4.69, 9.17) is 5.11 Å². The lowest BCUT2D eigenvalue weighted by Crippen LogP contribution is -2.20. The van der Waals surface area contributed by atoms with E-state index in [0.29, 0.717) is 6.42 Å². The average molecular weight is 260 g/mol. The lowest BCUT2D eigenvalue weighted by molar-refractivity contribution is -0.139. The summed E-state index contributed by atoms with van der Waals surface area (Å²) in [6, 6.07) is 4.18. The van der Waals surface area contributed by atoms with Gasteiger partial charge in [0, 0.05) is 6.42 Å². The standard InChI is InChI=1S/C15H20N2O2/c1-9-5-10(2)14-11(6-9)16-12(17-14)7-15(3,4)8-13(18)19/h5-6H,7-8H2,1-4H3,(H,16,17)(H,18,19). The highest BCUT2D eigenvalue weighted by molar-refractivity contribution is 5.79. The smallest absolute Gasteiger partial charge is 0.303 e. The number of aryl methyl sites for hydroxylation is 2. The molecule has 1 heterocycles. The number of imidazole rings is 1. The monoisotopic (exact) mass is 260 g/mol. The predicted octanol–water partition coefficient (Wildman–Crippen LogP) is 3.22. The van der Waals surface area contributed by atoms with E-state index in [2.05, 4.69) is 29.0 Å². The number of hydrogen-bond donors (Lipinski definition) is 2. The minimum atomic E-state index is -0.770. The van der Waals surface area contributed by atoms with Crippen LogP contribution in [0.3, 0.4) is 0 Å². The number of carboxylic acid groups (broad SMARTS) is 1. The van der Waals surface area contributed by atoms with Crippen molar-refractivity contribution in [1.82, 2.24) is 9.97 Å². The summed E-state index contributed by atoms with van der Waals surface area (Å²) in [4.78, 5) is 18.7. The Morgan fingerprint density at radius 3 is 2.68 bits per heavy atom. The first-order valence-electron chi connectivity index (χ1n) is 6.44. The van der Waals surface area contributed by atoms with E-state index in [1.807, 2.05) is 20.8 Å². The quantitative estimate of drug-likeness (QED) is 0.887. The molecule has 0 spiro atoms. The molecule has 0 aliphatic heterocycles. The highest BCUT2D eigenvalue weighted by Crippen LogP contribution is 2.27. The third kappa shape index (κ3) is 3.13. The van der Waals surface area contributed by atoms with Crippen LogP contribution < -0.4 is 0 Å². The van der Waals surface area contributed by atoms with Crippen molar-refractivity contribution in [1.29, 1.82) is 0 Å². The van der Waals surface area contributed by atoms with Crippen LogP contribution in [-0.2, 0) is 11.2 Å². The molecule has 1 aromatic heterocycles. The second-order valence-corrected chi connectivity index (χ2v) is 6.07. The minimum Gasteiger partial charge on any atom is -0.481 e. The van der Waals surface area contributed by atoms with E-state index < -0.39 is 5.97 Å². The summed E-state index contributed by atoms with van der Waals surface area (Å²) in [6.45, 7) is 8.00. The van der Waals surface area contributed by atoms with Gasteiger partial charge in [0.05, 0.1) is 17.5 Å². The third-order valence-electron chi connectivity index (χ3n) is 3.25. The molecular formula is C15H20N2O2. The molecule has 0 aliphatic carbocycles. The van der Waals surface area contributed by atoms with Gasteiger partial charge in [-0.1, -0.05) is 19.9 Å². The summed E-state index contributed by atoms with van der Waals surface area (Å²) >= 11 is 0. The van der Waals surface area contributed by atoms with Crippen LogP contribution in [0.25, 0.3) is 11.0 Å². The van der Waals surface area contributed by atoms with Crippen LogP contribution in [0.1, 0.15) is 37.2 Å². The fraction of sp³-hybridized carbons (Fsp3) is 0.467. The molecule has 2 rings (SSSR count). The van der Waals surface area contributed by atoms with Gasteiger partial charge >= 0.3 is 5.97 Å². The highest BCUT2D eigenvalue weighted by atomic mass is 16.4. The van der Waals surface area contributed by atoms with Crippen LogP contribution >= 0.6 is 0 Å². The Balaban J connectivity index is 2.32. The van der Waals surface area contributed by atoms with Crippen LogP contribution in [0.5, 0.6) is 0 Å². The van der Waals surface area contributed by atoms with E-state index in [9.17, 15) is 4.79 Å². The zero-order valence-electron chi connectivity index (χ0n) is 11.9. The average Bonchev–Trinajstić information content (AvgIpc) is 2.56. The first-order valence-corrected chi connectivity index (χ1v) is 6.44. The summed E-state index contributed by atoms with van der Waals surface area (Å²) in [6.07, 6.45) is 0.772. The SMILES string of the molecule is Cc1cc(C)c2nc(CC(C)(C)CC(=O)O)[nH]c2c1. The molecule has 0 bridgehead atoms. The van der Waals surface area contributed by atoms with E-state index >= 15 is 0 Å². The first kappa shape index (κ1) is 13.6. The number of aromatic amines is 1. The summed E-state index contributed by atoms with van der Waals surface area (Å²) < 4.78 is 0. The van der Waals surface area contributed by atoms with Crippen LogP contribution in [-0.4, -0.2) is 21.0 Å². The van der Waals surface area contributed by atoms with Crippen LogP contribution in [0, 0.1) is 19.3 Å². The first-order chi connectivity index (χ1) is 8.77. The van der Waals surface area contributed by atoms with Gasteiger partial charge in [0.2, 0.25) is 0 Å². The molecule has 4 nitrogen and oxygen atoms in total. The lowest BCUT2D eigenvalue weighted by Gasteiger charge is -2.20. The van der Waals surface area contributed by atoms with Gasteiger partial charge in [-0.05, 0) is 36.5 Å². The number of fused-ring (bicyclic) bond motifs is 1. The molecule has 0 atom stereocenters. The van der Waals surface area contributed by atoms with Crippen molar-refractivity contribution in [2.45, 2.75) is 40.5 Å². The Morgan fingerprint density at radius 1 is 1.37 bits per heavy atom. The molecule has 2 N–H and O–H groups in total. The maximum absolute atomic E-state index is 10.8. The molecule has 19 heavy (non-hydrogen) atoms. The summed E-state index contributed by atoms with van der Waals surface area (Å²) in [5.41, 5.74) is 4.05. The van der Waals surface area contributed by atoms with Crippen molar-refractivity contribution in [2.24, 2.45) is 5.41 Å². The maximum Gasteiger partial charge on any atom is 0.303 e. The molecule has 2 aromatic rings. The van der Waals surface area contributed by atoms with Gasteiger partial charge in [-0.3, -0.25) is 4.79 Å². The number of H-pyrrole nitrogens is 1. The Morgan fingerprint density at radius 2 is 2.05 bits per heavy atom. The number of carboxylic acids is 1. The Bertz CT molecular complexity index is 626. The predicted molar refractivity (Wildman–Crippen MR) is 75.3 cm³/mol. The van der Waals surface area contributed by atoms with Crippen molar-refractivity contribution in [3.63, 3.8) is 0 Å². The number of aromatic nitrogens is 2. The van der Waals surface area contributed by atoms with Gasteiger partial charge < -0.3 is 10.1 Å². The molecule has 1 aromatic carbocycles. The van der Waals surface area contributed by atoms with Gasteiger partial charge in [0.15, 0.2) is 0 Å². The molecular weight excluding hydrogens is 240 g/mol. The topological polar surface area (TPSA) is 66.0 Å². The van der Waals surface area contributed by atoms with Crippen LogP contribution in [0.15, 0.2) is 12.1 Å². The third-order valence-corrected chi connectivity index (χ3v) is 3.25. The van der Waals surface area contributed by atoms with Gasteiger partial charge in [-0.2, -0.15) is 0 Å². The lowest BCUT2D eigenvalue weighted by atomic mass is 9.85. The number of carbonyl (C=O) groups is 1. The van der Waals surface area contributed by atoms with Crippen molar-refractivity contribution < 1.29 is 9.90 Å². The zero-order valence-corrected chi connectivity index (χ0v) is 11.9. The van der Waals surface area contributed by atoms with Crippen LogP contribution in [0.4, 0.5) is 0 Å². The van der Waals surface area contributed by atoms with Crippen LogP contribution in [0.2, 0.25) is 0 Å². The van der Waals surface area contributed by atoms with Gasteiger partial charge in [0.25, 0.3) is 0 Å². The normalized spacial score (nSPS) is 12.0. The molecule has 0 radical (unpaired) electrons. The molecule has 0 aliphatic rings. The van der Waals surface area contributed by atoms with E-state index in [-0.39, 0.29) is 11.8 Å². The minimum absolute atomic E-state index is 0.141.